The smallest absolute Gasteiger partial charge is 0.321 e. The Bertz CT molecular complexity index is 397. The van der Waals surface area contributed by atoms with E-state index in [1.54, 1.807) is 0 Å². The fourth-order valence-electron chi connectivity index (χ4n) is 1.88. The predicted octanol–water partition coefficient (Wildman–Crippen LogP) is 1.50. The number of urea groups is 1. The molecule has 3 N–H and O–H groups in total. The van der Waals surface area contributed by atoms with Crippen LogP contribution in [0.15, 0.2) is 0 Å². The average Bonchev–Trinajstić information content (AvgIpc) is 2.96. The van der Waals surface area contributed by atoms with E-state index in [1.165, 1.54) is 13.8 Å². The lowest BCUT2D eigenvalue weighted by atomic mass is 9.89. The first kappa shape index (κ1) is 15.5. The molecule has 19 heavy (non-hydrogen) atoms. The molecular formula is C13H22N2O4. The molecule has 1 rings (SSSR count). The van der Waals surface area contributed by atoms with Crippen LogP contribution in [0.5, 0.6) is 0 Å². The lowest BCUT2D eigenvalue weighted by Crippen LogP contribution is -2.51. The summed E-state index contributed by atoms with van der Waals surface area (Å²) < 4.78 is 0. The van der Waals surface area contributed by atoms with Crippen molar-refractivity contribution in [2.24, 2.45) is 11.3 Å². The lowest BCUT2D eigenvalue weighted by molar-refractivity contribution is -0.149. The van der Waals surface area contributed by atoms with Gasteiger partial charge >= 0.3 is 12.0 Å². The van der Waals surface area contributed by atoms with Crippen LogP contribution in [-0.2, 0) is 9.59 Å². The largest absolute Gasteiger partial charge is 0.481 e. The van der Waals surface area contributed by atoms with E-state index in [2.05, 4.69) is 10.6 Å². The third-order valence-corrected chi connectivity index (χ3v) is 3.47. The number of carbonyl (C=O) groups is 3. The number of amides is 3. The Morgan fingerprint density at radius 1 is 1.16 bits per heavy atom. The van der Waals surface area contributed by atoms with Gasteiger partial charge in [-0.25, -0.2) is 4.79 Å². The predicted molar refractivity (Wildman–Crippen MR) is 69.5 cm³/mol. The van der Waals surface area contributed by atoms with Gasteiger partial charge in [0, 0.05) is 12.0 Å². The summed E-state index contributed by atoms with van der Waals surface area (Å²) in [5.41, 5.74) is -1.52. The summed E-state index contributed by atoms with van der Waals surface area (Å²) in [6.07, 6.45) is 1.92. The van der Waals surface area contributed by atoms with Crippen LogP contribution < -0.4 is 10.6 Å². The van der Waals surface area contributed by atoms with E-state index in [1.807, 2.05) is 13.8 Å². The second-order valence-corrected chi connectivity index (χ2v) is 6.36. The van der Waals surface area contributed by atoms with Gasteiger partial charge in [-0.15, -0.1) is 0 Å². The van der Waals surface area contributed by atoms with Gasteiger partial charge in [-0.05, 0) is 46.5 Å². The number of carboxylic acids is 1. The molecular weight excluding hydrogens is 248 g/mol. The molecule has 0 aliphatic heterocycles. The highest BCUT2D eigenvalue weighted by atomic mass is 16.4. The Morgan fingerprint density at radius 3 is 2.11 bits per heavy atom. The Kier molecular flexibility index (Phi) is 4.22. The molecule has 108 valence electrons. The van der Waals surface area contributed by atoms with Gasteiger partial charge in [0.15, 0.2) is 0 Å². The average molecular weight is 270 g/mol. The number of rotatable bonds is 5. The Morgan fingerprint density at radius 2 is 1.68 bits per heavy atom. The summed E-state index contributed by atoms with van der Waals surface area (Å²) >= 11 is 0. The van der Waals surface area contributed by atoms with Gasteiger partial charge in [0.1, 0.15) is 0 Å². The maximum Gasteiger partial charge on any atom is 0.321 e. The van der Waals surface area contributed by atoms with Crippen molar-refractivity contribution in [2.45, 2.75) is 52.5 Å². The molecule has 0 unspecified atom stereocenters. The second kappa shape index (κ2) is 5.19. The third kappa shape index (κ3) is 4.54. The Labute approximate surface area is 112 Å². The lowest BCUT2D eigenvalue weighted by Gasteiger charge is -2.26. The number of nitrogens with one attached hydrogen (secondary N) is 2. The molecule has 1 aliphatic rings. The number of carboxylic acid groups (broad SMARTS) is 1. The van der Waals surface area contributed by atoms with E-state index in [0.29, 0.717) is 5.92 Å². The molecule has 1 saturated carbocycles. The van der Waals surface area contributed by atoms with Crippen molar-refractivity contribution in [3.63, 3.8) is 0 Å². The van der Waals surface area contributed by atoms with Crippen LogP contribution in [0.1, 0.15) is 47.0 Å². The molecule has 1 aliphatic carbocycles. The highest BCUT2D eigenvalue weighted by molar-refractivity contribution is 5.96. The molecule has 1 fully saturated rings. The van der Waals surface area contributed by atoms with Crippen molar-refractivity contribution >= 4 is 17.9 Å². The zero-order valence-corrected chi connectivity index (χ0v) is 11.9. The van der Waals surface area contributed by atoms with Crippen LogP contribution >= 0.6 is 0 Å². The summed E-state index contributed by atoms with van der Waals surface area (Å²) in [6.45, 7) is 6.72. The van der Waals surface area contributed by atoms with Crippen molar-refractivity contribution in [1.29, 1.82) is 0 Å². The molecule has 0 saturated heterocycles. The first-order valence-electron chi connectivity index (χ1n) is 6.40. The van der Waals surface area contributed by atoms with Gasteiger partial charge in [0.2, 0.25) is 5.91 Å². The summed E-state index contributed by atoms with van der Waals surface area (Å²) in [4.78, 5) is 34.2. The van der Waals surface area contributed by atoms with E-state index < -0.39 is 23.3 Å². The molecule has 6 heteroatoms. The molecule has 6 nitrogen and oxygen atoms in total. The van der Waals surface area contributed by atoms with Crippen LogP contribution in [0.25, 0.3) is 0 Å². The fraction of sp³-hybridized carbons (Fsp3) is 0.769. The fourth-order valence-corrected chi connectivity index (χ4v) is 1.88. The minimum absolute atomic E-state index is 0.236. The SMILES string of the molecule is CC(C)(CC(=O)NC(=O)NC(C)(C)C1CC1)C(=O)O. The molecule has 3 amide bonds. The quantitative estimate of drug-likeness (QED) is 0.705. The maximum absolute atomic E-state index is 11.7. The molecule has 0 spiro atoms. The Balaban J connectivity index is 2.44. The molecule has 0 atom stereocenters. The van der Waals surface area contributed by atoms with Gasteiger partial charge in [0.05, 0.1) is 5.41 Å². The van der Waals surface area contributed by atoms with Crippen molar-refractivity contribution in [2.75, 3.05) is 0 Å². The van der Waals surface area contributed by atoms with Crippen LogP contribution in [0.2, 0.25) is 0 Å². The summed E-state index contributed by atoms with van der Waals surface area (Å²) in [5, 5.41) is 13.8. The van der Waals surface area contributed by atoms with Crippen LogP contribution in [0, 0.1) is 11.3 Å². The summed E-state index contributed by atoms with van der Waals surface area (Å²) in [5.74, 6) is -1.21. The van der Waals surface area contributed by atoms with Gasteiger partial charge in [-0.1, -0.05) is 0 Å². The second-order valence-electron chi connectivity index (χ2n) is 6.36. The minimum atomic E-state index is -1.18. The number of aliphatic carboxylic acids is 1. The van der Waals surface area contributed by atoms with Crippen molar-refractivity contribution in [3.8, 4) is 0 Å². The standard InChI is InChI=1S/C13H22N2O4/c1-12(2,10(17)18)7-9(16)14-11(19)15-13(3,4)8-5-6-8/h8H,5-7H2,1-4H3,(H,17,18)(H2,14,15,16,19). The molecule has 0 aromatic heterocycles. The van der Waals surface area contributed by atoms with Gasteiger partial charge in [-0.2, -0.15) is 0 Å². The van der Waals surface area contributed by atoms with Crippen molar-refractivity contribution in [1.82, 2.24) is 10.6 Å². The zero-order chi connectivity index (χ0) is 14.8. The molecule has 0 heterocycles. The highest BCUT2D eigenvalue weighted by Gasteiger charge is 2.39. The highest BCUT2D eigenvalue weighted by Crippen LogP contribution is 2.39. The normalized spacial score (nSPS) is 15.8. The maximum atomic E-state index is 11.7. The van der Waals surface area contributed by atoms with Crippen molar-refractivity contribution in [3.05, 3.63) is 0 Å². The zero-order valence-electron chi connectivity index (χ0n) is 11.9. The van der Waals surface area contributed by atoms with Gasteiger partial charge in [-0.3, -0.25) is 14.9 Å². The van der Waals surface area contributed by atoms with E-state index in [0.717, 1.165) is 12.8 Å². The topological polar surface area (TPSA) is 95.5 Å². The summed E-state index contributed by atoms with van der Waals surface area (Å²) in [6, 6.07) is -0.567. The van der Waals surface area contributed by atoms with Crippen molar-refractivity contribution < 1.29 is 19.5 Å². The number of carbonyl (C=O) groups excluding carboxylic acids is 2. The van der Waals surface area contributed by atoms with Crippen LogP contribution in [0.3, 0.4) is 0 Å². The molecule has 0 radical (unpaired) electrons. The van der Waals surface area contributed by atoms with E-state index in [4.69, 9.17) is 5.11 Å². The third-order valence-electron chi connectivity index (χ3n) is 3.47. The molecule has 0 bridgehead atoms. The van der Waals surface area contributed by atoms with E-state index in [9.17, 15) is 14.4 Å². The minimum Gasteiger partial charge on any atom is -0.481 e. The Hall–Kier alpha value is -1.59. The monoisotopic (exact) mass is 270 g/mol. The van der Waals surface area contributed by atoms with Crippen LogP contribution in [0.4, 0.5) is 4.79 Å². The van der Waals surface area contributed by atoms with E-state index >= 15 is 0 Å². The first-order chi connectivity index (χ1) is 8.54. The van der Waals surface area contributed by atoms with Crippen LogP contribution in [-0.4, -0.2) is 28.6 Å². The van der Waals surface area contributed by atoms with E-state index in [-0.39, 0.29) is 12.0 Å². The first-order valence-corrected chi connectivity index (χ1v) is 6.40. The number of hydrogen-bond donors (Lipinski definition) is 3. The molecule has 0 aromatic carbocycles. The summed E-state index contributed by atoms with van der Waals surface area (Å²) in [7, 11) is 0. The van der Waals surface area contributed by atoms with Gasteiger partial charge < -0.3 is 10.4 Å². The number of hydrogen-bond acceptors (Lipinski definition) is 3. The number of imide groups is 1. The molecule has 0 aromatic rings. The van der Waals surface area contributed by atoms with Gasteiger partial charge in [0.25, 0.3) is 0 Å².